The first-order valence-electron chi connectivity index (χ1n) is 29.1. The third-order valence-corrected chi connectivity index (χ3v) is 18.9. The molecule has 4 fully saturated rings. The lowest BCUT2D eigenvalue weighted by Crippen LogP contribution is -2.63. The summed E-state index contributed by atoms with van der Waals surface area (Å²) in [5, 5.41) is 0. The van der Waals surface area contributed by atoms with Crippen LogP contribution in [-0.2, 0) is 0 Å². The molecule has 4 aliphatic carbocycles. The molecular weight excluding hydrogens is 902 g/mol. The highest BCUT2D eigenvalue weighted by Crippen LogP contribution is 2.49. The average Bonchev–Trinajstić information content (AvgIpc) is 3.47. The van der Waals surface area contributed by atoms with Gasteiger partial charge in [-0.15, -0.1) is 0 Å². The molecule has 0 aromatic heterocycles. The molecule has 0 unspecified atom stereocenters. The Bertz CT molecular complexity index is 2980. The minimum atomic E-state index is -0.0282. The summed E-state index contributed by atoms with van der Waals surface area (Å²) in [4.78, 5) is 10.9. The minimum absolute atomic E-state index is 0.0282. The van der Waals surface area contributed by atoms with E-state index < -0.39 is 0 Å². The Kier molecular flexibility index (Phi) is 11.3. The molecule has 8 aliphatic rings. The number of hydrogen-bond donors (Lipinski definition) is 0. The van der Waals surface area contributed by atoms with Crippen molar-refractivity contribution in [2.75, 3.05) is 19.6 Å². The van der Waals surface area contributed by atoms with Gasteiger partial charge in [0, 0.05) is 87.9 Å². The molecule has 0 amide bonds. The van der Waals surface area contributed by atoms with E-state index in [1.165, 1.54) is 207 Å². The fourth-order valence-corrected chi connectivity index (χ4v) is 15.7. The van der Waals surface area contributed by atoms with E-state index in [1.54, 1.807) is 0 Å². The van der Waals surface area contributed by atoms with Crippen LogP contribution in [0.4, 0.5) is 45.5 Å². The van der Waals surface area contributed by atoms with Crippen molar-refractivity contribution in [1.82, 2.24) is 0 Å². The summed E-state index contributed by atoms with van der Waals surface area (Å²) in [5.41, 5.74) is 17.6. The maximum absolute atomic E-state index is 7.56. The van der Waals surface area contributed by atoms with Crippen LogP contribution in [0.2, 0.25) is 0 Å². The topological polar surface area (TPSA) is 31.4 Å². The highest BCUT2D eigenvalue weighted by Gasteiger charge is 2.48. The van der Waals surface area contributed by atoms with Crippen molar-refractivity contribution in [3.05, 3.63) is 146 Å². The molecule has 0 spiro atoms. The van der Waals surface area contributed by atoms with Crippen LogP contribution in [0, 0.1) is 0 Å². The minimum Gasteiger partial charge on any atom is -0.458 e. The van der Waals surface area contributed by atoms with Crippen molar-refractivity contribution in [2.45, 2.75) is 153 Å². The molecule has 4 heterocycles. The molecule has 4 saturated carbocycles. The number of ether oxygens (including phenoxy) is 2. The molecule has 0 radical (unpaired) electrons. The van der Waals surface area contributed by atoms with E-state index in [-0.39, 0.29) is 13.4 Å². The van der Waals surface area contributed by atoms with E-state index >= 15 is 0 Å². The molecule has 0 bridgehead atoms. The Morgan fingerprint density at radius 2 is 0.676 bits per heavy atom. The Balaban J connectivity index is 0.935. The van der Waals surface area contributed by atoms with Crippen LogP contribution >= 0.6 is 0 Å². The monoisotopic (exact) mass is 971 g/mol. The molecule has 0 saturated heterocycles. The van der Waals surface area contributed by atoms with Gasteiger partial charge in [0.05, 0.1) is 0 Å². The molecule has 4 aliphatic heterocycles. The molecule has 7 aromatic carbocycles. The number of nitrogens with zero attached hydrogens (tertiary/aromatic N) is 4. The number of anilines is 8. The van der Waals surface area contributed by atoms with Gasteiger partial charge in [0.2, 0.25) is 0 Å². The molecule has 0 N–H and O–H groups in total. The van der Waals surface area contributed by atoms with Gasteiger partial charge < -0.3 is 29.1 Å². The van der Waals surface area contributed by atoms with E-state index in [1.807, 2.05) is 0 Å². The molecule has 370 valence electrons. The van der Waals surface area contributed by atoms with Crippen LogP contribution in [-0.4, -0.2) is 37.6 Å². The lowest BCUT2D eigenvalue weighted by atomic mass is 9.31. The average molecular weight is 971 g/mol. The number of fused-ring (bicyclic) bond motifs is 8. The van der Waals surface area contributed by atoms with Gasteiger partial charge in [-0.25, -0.2) is 0 Å². The summed E-state index contributed by atoms with van der Waals surface area (Å²) in [6.45, 7) is -0.0565. The van der Waals surface area contributed by atoms with Crippen molar-refractivity contribution in [3.8, 4) is 23.0 Å². The Labute approximate surface area is 439 Å². The predicted octanol–water partition coefficient (Wildman–Crippen LogP) is 13.4. The maximum Gasteiger partial charge on any atom is 0.256 e. The molecule has 8 heteroatoms. The van der Waals surface area contributed by atoms with Gasteiger partial charge in [-0.05, 0) is 133 Å². The van der Waals surface area contributed by atoms with Crippen molar-refractivity contribution in [1.29, 1.82) is 0 Å². The third-order valence-electron chi connectivity index (χ3n) is 18.9. The normalized spacial score (nSPS) is 19.2. The van der Waals surface area contributed by atoms with E-state index in [0.29, 0.717) is 24.2 Å². The van der Waals surface area contributed by atoms with Gasteiger partial charge in [0.1, 0.15) is 23.0 Å². The summed E-state index contributed by atoms with van der Waals surface area (Å²) in [5.74, 6) is 3.80. The number of benzene rings is 7. The predicted molar refractivity (Wildman–Crippen MR) is 311 cm³/mol. The Morgan fingerprint density at radius 3 is 1.05 bits per heavy atom. The molecule has 6 nitrogen and oxygen atoms in total. The zero-order valence-electron chi connectivity index (χ0n) is 43.1. The molecule has 0 atom stereocenters. The molecule has 7 aromatic rings. The molecule has 15 rings (SSSR count). The van der Waals surface area contributed by atoms with Gasteiger partial charge in [-0.2, -0.15) is 0 Å². The van der Waals surface area contributed by atoms with Gasteiger partial charge in [0.25, 0.3) is 13.4 Å². The van der Waals surface area contributed by atoms with Crippen molar-refractivity contribution in [2.24, 2.45) is 0 Å². The maximum atomic E-state index is 7.56. The number of para-hydroxylation sites is 4. The van der Waals surface area contributed by atoms with Gasteiger partial charge >= 0.3 is 0 Å². The van der Waals surface area contributed by atoms with Crippen molar-refractivity contribution in [3.63, 3.8) is 0 Å². The standard InChI is InChI=1S/C66H68B2N4O2/c1-7-23-45(24-8-1)69(46-25-9-2-10-26-46)51-39-59-65-63(41-51)73-61-44-62-56(43-55(61)67(65)53-35-19-21-37-57(53)71(59)49-31-15-5-16-32-49)68-54-36-20-22-38-58(54)72(50-33-17-6-18-34-50)60-40-52(42-64(74-62)66(60)68)70(47-27-11-3-12-28-47)48-29-13-4-14-30-48/h5-6,15-22,31-48H,1-4,7-14,23-30H2. The fourth-order valence-electron chi connectivity index (χ4n) is 15.7. The largest absolute Gasteiger partial charge is 0.458 e. The van der Waals surface area contributed by atoms with Crippen LogP contribution in [0.15, 0.2) is 146 Å². The van der Waals surface area contributed by atoms with Crippen LogP contribution in [0.1, 0.15) is 128 Å². The zero-order valence-corrected chi connectivity index (χ0v) is 43.1. The second-order valence-electron chi connectivity index (χ2n) is 23.2. The lowest BCUT2D eigenvalue weighted by Gasteiger charge is -2.46. The van der Waals surface area contributed by atoms with Crippen LogP contribution < -0.4 is 61.9 Å². The summed E-state index contributed by atoms with van der Waals surface area (Å²) in [6.07, 6.45) is 26.0. The summed E-state index contributed by atoms with van der Waals surface area (Å²) >= 11 is 0. The van der Waals surface area contributed by atoms with Crippen LogP contribution in [0.5, 0.6) is 23.0 Å². The zero-order chi connectivity index (χ0) is 48.7. The molecule has 74 heavy (non-hydrogen) atoms. The first-order chi connectivity index (χ1) is 36.7. The highest BCUT2D eigenvalue weighted by atomic mass is 16.5. The van der Waals surface area contributed by atoms with Crippen molar-refractivity contribution >= 4 is 91.7 Å². The third kappa shape index (κ3) is 7.42. The highest BCUT2D eigenvalue weighted by molar-refractivity contribution is 7.02. The summed E-state index contributed by atoms with van der Waals surface area (Å²) < 4.78 is 15.1. The summed E-state index contributed by atoms with van der Waals surface area (Å²) in [7, 11) is 0. The van der Waals surface area contributed by atoms with Crippen LogP contribution in [0.25, 0.3) is 0 Å². The summed E-state index contributed by atoms with van der Waals surface area (Å²) in [6, 6.07) is 57.7. The Morgan fingerprint density at radius 1 is 0.324 bits per heavy atom. The smallest absolute Gasteiger partial charge is 0.256 e. The number of hydrogen-bond acceptors (Lipinski definition) is 6. The van der Waals surface area contributed by atoms with Crippen LogP contribution in [0.3, 0.4) is 0 Å². The first-order valence-corrected chi connectivity index (χ1v) is 29.1. The Hall–Kier alpha value is -6.53. The van der Waals surface area contributed by atoms with Gasteiger partial charge in [-0.1, -0.05) is 156 Å². The van der Waals surface area contributed by atoms with E-state index in [0.717, 1.165) is 23.0 Å². The number of rotatable bonds is 8. The molecular formula is C66H68B2N4O2. The first kappa shape index (κ1) is 44.9. The quantitative estimate of drug-likeness (QED) is 0.141. The van der Waals surface area contributed by atoms with Crippen molar-refractivity contribution < 1.29 is 9.47 Å². The van der Waals surface area contributed by atoms with Gasteiger partial charge in [-0.3, -0.25) is 0 Å². The van der Waals surface area contributed by atoms with E-state index in [4.69, 9.17) is 9.47 Å². The van der Waals surface area contributed by atoms with E-state index in [9.17, 15) is 0 Å². The van der Waals surface area contributed by atoms with Gasteiger partial charge in [0.15, 0.2) is 0 Å². The fraction of sp³-hybridized carbons (Fsp3) is 0.364. The second kappa shape index (κ2) is 18.7. The van der Waals surface area contributed by atoms with E-state index in [2.05, 4.69) is 165 Å². The SMILES string of the molecule is c1ccc(N2c3ccccc3B3c4cc5c(cc4Oc4cc(N(C6CCCCC6)C6CCCCC6)cc2c43)Oc2cc(N(C3CCCCC3)C3CCCCC3)cc3c2B5c2ccccc2N3c2ccccc2)cc1. The lowest BCUT2D eigenvalue weighted by molar-refractivity contribution is 0.339. The second-order valence-corrected chi connectivity index (χ2v) is 23.2.